The number of carbonyl (C=O) groups is 2. The minimum absolute atomic E-state index is 0.300. The van der Waals surface area contributed by atoms with E-state index in [0.29, 0.717) is 19.6 Å². The van der Waals surface area contributed by atoms with Gasteiger partial charge in [-0.3, -0.25) is 4.79 Å². The summed E-state index contributed by atoms with van der Waals surface area (Å²) in [6, 6.07) is 7.75. The van der Waals surface area contributed by atoms with Gasteiger partial charge in [-0.25, -0.2) is 4.79 Å². The molecule has 2 N–H and O–H groups in total. The SMILES string of the molecule is COC(=O)C(=O)N(CCN)Cc1cccc(C)c1. The molecule has 0 aliphatic rings. The molecule has 5 nitrogen and oxygen atoms in total. The fourth-order valence-corrected chi connectivity index (χ4v) is 1.66. The number of ether oxygens (including phenoxy) is 1. The first-order valence-electron chi connectivity index (χ1n) is 5.71. The standard InChI is InChI=1S/C13H18N2O3/c1-10-4-3-5-11(8-10)9-15(7-6-14)12(16)13(17)18-2/h3-5,8H,6-7,9,14H2,1-2H3. The van der Waals surface area contributed by atoms with E-state index in [1.165, 1.54) is 12.0 Å². The van der Waals surface area contributed by atoms with Crippen LogP contribution in [0.3, 0.4) is 0 Å². The quantitative estimate of drug-likeness (QED) is 0.622. The molecule has 0 radical (unpaired) electrons. The largest absolute Gasteiger partial charge is 0.462 e. The lowest BCUT2D eigenvalue weighted by atomic mass is 10.1. The van der Waals surface area contributed by atoms with Gasteiger partial charge in [0.15, 0.2) is 0 Å². The fourth-order valence-electron chi connectivity index (χ4n) is 1.66. The summed E-state index contributed by atoms with van der Waals surface area (Å²) in [7, 11) is 1.19. The lowest BCUT2D eigenvalue weighted by Crippen LogP contribution is -2.39. The lowest BCUT2D eigenvalue weighted by Gasteiger charge is -2.20. The zero-order valence-electron chi connectivity index (χ0n) is 10.7. The molecule has 0 spiro atoms. The predicted molar refractivity (Wildman–Crippen MR) is 67.7 cm³/mol. The van der Waals surface area contributed by atoms with E-state index in [1.54, 1.807) is 0 Å². The molecular formula is C13H18N2O3. The van der Waals surface area contributed by atoms with E-state index in [9.17, 15) is 9.59 Å². The average molecular weight is 250 g/mol. The molecule has 0 fully saturated rings. The van der Waals surface area contributed by atoms with Crippen molar-refractivity contribution in [3.8, 4) is 0 Å². The van der Waals surface area contributed by atoms with Crippen molar-refractivity contribution >= 4 is 11.9 Å². The summed E-state index contributed by atoms with van der Waals surface area (Å²) >= 11 is 0. The van der Waals surface area contributed by atoms with Gasteiger partial charge in [-0.2, -0.15) is 0 Å². The summed E-state index contributed by atoms with van der Waals surface area (Å²) in [6.45, 7) is 2.95. The third-order valence-electron chi connectivity index (χ3n) is 2.50. The number of aryl methyl sites for hydroxylation is 1. The van der Waals surface area contributed by atoms with Crippen molar-refractivity contribution in [2.24, 2.45) is 5.73 Å². The van der Waals surface area contributed by atoms with Gasteiger partial charge in [0.1, 0.15) is 0 Å². The summed E-state index contributed by atoms with van der Waals surface area (Å²) in [6.07, 6.45) is 0. The van der Waals surface area contributed by atoms with E-state index in [0.717, 1.165) is 11.1 Å². The van der Waals surface area contributed by atoms with Crippen LogP contribution < -0.4 is 5.73 Å². The maximum Gasteiger partial charge on any atom is 0.396 e. The van der Waals surface area contributed by atoms with Crippen molar-refractivity contribution in [3.05, 3.63) is 35.4 Å². The molecule has 1 rings (SSSR count). The molecule has 0 atom stereocenters. The van der Waals surface area contributed by atoms with Crippen LogP contribution in [0.15, 0.2) is 24.3 Å². The van der Waals surface area contributed by atoms with Gasteiger partial charge in [0.05, 0.1) is 7.11 Å². The molecule has 98 valence electrons. The van der Waals surface area contributed by atoms with Gasteiger partial charge in [-0.15, -0.1) is 0 Å². The molecule has 0 saturated heterocycles. The van der Waals surface area contributed by atoms with Crippen LogP contribution >= 0.6 is 0 Å². The monoisotopic (exact) mass is 250 g/mol. The van der Waals surface area contributed by atoms with E-state index in [-0.39, 0.29) is 0 Å². The Labute approximate surface area is 107 Å². The number of methoxy groups -OCH3 is 1. The minimum atomic E-state index is -0.865. The second kappa shape index (κ2) is 6.76. The summed E-state index contributed by atoms with van der Waals surface area (Å²) in [4.78, 5) is 24.4. The Morgan fingerprint density at radius 1 is 1.39 bits per heavy atom. The fraction of sp³-hybridized carbons (Fsp3) is 0.385. The number of carbonyl (C=O) groups excluding carboxylic acids is 2. The van der Waals surface area contributed by atoms with Crippen molar-refractivity contribution in [1.29, 1.82) is 0 Å². The molecule has 5 heteroatoms. The molecule has 0 heterocycles. The van der Waals surface area contributed by atoms with E-state index in [2.05, 4.69) is 4.74 Å². The molecular weight excluding hydrogens is 232 g/mol. The normalized spacial score (nSPS) is 9.94. The first-order chi connectivity index (χ1) is 8.58. The summed E-state index contributed by atoms with van der Waals surface area (Å²) in [5, 5.41) is 0. The molecule has 0 saturated carbocycles. The molecule has 0 aromatic heterocycles. The molecule has 0 aliphatic carbocycles. The van der Waals surface area contributed by atoms with Crippen molar-refractivity contribution in [1.82, 2.24) is 4.90 Å². The Kier molecular flexibility index (Phi) is 5.32. The Morgan fingerprint density at radius 3 is 2.67 bits per heavy atom. The van der Waals surface area contributed by atoms with Gasteiger partial charge >= 0.3 is 11.9 Å². The number of esters is 1. The minimum Gasteiger partial charge on any atom is -0.462 e. The number of benzene rings is 1. The zero-order valence-corrected chi connectivity index (χ0v) is 10.7. The Balaban J connectivity index is 2.80. The molecule has 18 heavy (non-hydrogen) atoms. The average Bonchev–Trinajstić information content (AvgIpc) is 2.36. The smallest absolute Gasteiger partial charge is 0.396 e. The first-order valence-corrected chi connectivity index (χ1v) is 5.71. The van der Waals surface area contributed by atoms with Crippen LogP contribution in [-0.4, -0.2) is 37.0 Å². The van der Waals surface area contributed by atoms with Gasteiger partial charge in [0.2, 0.25) is 0 Å². The Bertz CT molecular complexity index is 432. The van der Waals surface area contributed by atoms with Crippen LogP contribution in [0.5, 0.6) is 0 Å². The lowest BCUT2D eigenvalue weighted by molar-refractivity contribution is -0.158. The van der Waals surface area contributed by atoms with Gasteiger partial charge < -0.3 is 15.4 Å². The first kappa shape index (κ1) is 14.2. The highest BCUT2D eigenvalue weighted by Gasteiger charge is 2.21. The third kappa shape index (κ3) is 3.85. The van der Waals surface area contributed by atoms with Crippen molar-refractivity contribution in [3.63, 3.8) is 0 Å². The third-order valence-corrected chi connectivity index (χ3v) is 2.50. The van der Waals surface area contributed by atoms with Gasteiger partial charge in [-0.1, -0.05) is 29.8 Å². The van der Waals surface area contributed by atoms with Crippen molar-refractivity contribution in [2.45, 2.75) is 13.5 Å². The Hall–Kier alpha value is -1.88. The van der Waals surface area contributed by atoms with Gasteiger partial charge in [-0.05, 0) is 12.5 Å². The summed E-state index contributed by atoms with van der Waals surface area (Å²) in [5.41, 5.74) is 7.51. The summed E-state index contributed by atoms with van der Waals surface area (Å²) < 4.78 is 4.43. The number of nitrogens with zero attached hydrogens (tertiary/aromatic N) is 1. The van der Waals surface area contributed by atoms with Gasteiger partial charge in [0.25, 0.3) is 0 Å². The molecule has 1 aromatic carbocycles. The zero-order chi connectivity index (χ0) is 13.5. The van der Waals surface area contributed by atoms with Crippen molar-refractivity contribution < 1.29 is 14.3 Å². The maximum atomic E-state index is 11.7. The van der Waals surface area contributed by atoms with Gasteiger partial charge in [0, 0.05) is 19.6 Å². The second-order valence-electron chi connectivity index (χ2n) is 4.00. The second-order valence-corrected chi connectivity index (χ2v) is 4.00. The van der Waals surface area contributed by atoms with E-state index < -0.39 is 11.9 Å². The Morgan fingerprint density at radius 2 is 2.11 bits per heavy atom. The van der Waals surface area contributed by atoms with E-state index in [1.807, 2.05) is 31.2 Å². The number of hydrogen-bond donors (Lipinski definition) is 1. The van der Waals surface area contributed by atoms with Crippen LogP contribution in [0.25, 0.3) is 0 Å². The number of rotatable bonds is 4. The predicted octanol–water partition coefficient (Wildman–Crippen LogP) is 0.455. The number of hydrogen-bond acceptors (Lipinski definition) is 4. The van der Waals surface area contributed by atoms with Crippen LogP contribution in [0.2, 0.25) is 0 Å². The maximum absolute atomic E-state index is 11.7. The number of amides is 1. The topological polar surface area (TPSA) is 72.6 Å². The van der Waals surface area contributed by atoms with Crippen LogP contribution in [-0.2, 0) is 20.9 Å². The van der Waals surface area contributed by atoms with Crippen LogP contribution in [0.1, 0.15) is 11.1 Å². The van der Waals surface area contributed by atoms with E-state index >= 15 is 0 Å². The highest BCUT2D eigenvalue weighted by Crippen LogP contribution is 2.08. The van der Waals surface area contributed by atoms with Crippen LogP contribution in [0, 0.1) is 6.92 Å². The molecule has 1 aromatic rings. The molecule has 0 unspecified atom stereocenters. The highest BCUT2D eigenvalue weighted by atomic mass is 16.5. The van der Waals surface area contributed by atoms with Crippen LogP contribution in [0.4, 0.5) is 0 Å². The molecule has 1 amide bonds. The van der Waals surface area contributed by atoms with Crippen molar-refractivity contribution in [2.75, 3.05) is 20.2 Å². The molecule has 0 aliphatic heterocycles. The summed E-state index contributed by atoms with van der Waals surface area (Å²) in [5.74, 6) is -1.53. The number of nitrogens with two attached hydrogens (primary N) is 1. The molecule has 0 bridgehead atoms. The highest BCUT2D eigenvalue weighted by molar-refractivity contribution is 6.32. The van der Waals surface area contributed by atoms with E-state index in [4.69, 9.17) is 5.73 Å².